The number of ether oxygens (including phenoxy) is 1. The highest BCUT2D eigenvalue weighted by Crippen LogP contribution is 2.33. The molecule has 8 heteroatoms. The van der Waals surface area contributed by atoms with E-state index in [1.807, 2.05) is 4.90 Å². The van der Waals surface area contributed by atoms with Crippen molar-refractivity contribution < 1.29 is 23.1 Å². The summed E-state index contributed by atoms with van der Waals surface area (Å²) in [5.74, 6) is -0.885. The summed E-state index contributed by atoms with van der Waals surface area (Å²) in [7, 11) is 0. The summed E-state index contributed by atoms with van der Waals surface area (Å²) in [4.78, 5) is 29.7. The Morgan fingerprint density at radius 2 is 1.47 bits per heavy atom. The van der Waals surface area contributed by atoms with E-state index < -0.39 is 23.8 Å². The fraction of sp³-hybridized carbons (Fsp3) is 0.462. The van der Waals surface area contributed by atoms with Crippen molar-refractivity contribution in [1.82, 2.24) is 15.1 Å². The van der Waals surface area contributed by atoms with Gasteiger partial charge in [0, 0.05) is 25.7 Å². The monoisotopic (exact) mass is 471 g/mol. The molecule has 0 spiro atoms. The second-order valence-corrected chi connectivity index (χ2v) is 9.97. The van der Waals surface area contributed by atoms with Gasteiger partial charge < -0.3 is 15.0 Å². The molecule has 6 nitrogen and oxygen atoms in total. The first-order valence-corrected chi connectivity index (χ1v) is 11.7. The van der Waals surface area contributed by atoms with Crippen molar-refractivity contribution in [2.75, 3.05) is 19.6 Å². The molecule has 0 bridgehead atoms. The fourth-order valence-electron chi connectivity index (χ4n) is 4.22. The van der Waals surface area contributed by atoms with Gasteiger partial charge in [-0.1, -0.05) is 24.3 Å². The normalized spacial score (nSPS) is 19.2. The molecule has 2 amide bonds. The summed E-state index contributed by atoms with van der Waals surface area (Å²) >= 11 is 0. The molecule has 2 aromatic rings. The van der Waals surface area contributed by atoms with E-state index in [1.165, 1.54) is 24.3 Å². The number of nitrogens with zero attached hydrogens (tertiary/aromatic N) is 2. The summed E-state index contributed by atoms with van der Waals surface area (Å²) in [5, 5.41) is 3.06. The van der Waals surface area contributed by atoms with Crippen molar-refractivity contribution in [2.24, 2.45) is 0 Å². The first-order valence-electron chi connectivity index (χ1n) is 11.7. The summed E-state index contributed by atoms with van der Waals surface area (Å²) in [6.07, 6.45) is 1.41. The van der Waals surface area contributed by atoms with E-state index >= 15 is 0 Å². The number of piperazine rings is 1. The number of amides is 2. The number of halogens is 2. The van der Waals surface area contributed by atoms with Crippen LogP contribution in [0.2, 0.25) is 0 Å². The average Bonchev–Trinajstić information content (AvgIpc) is 3.59. The van der Waals surface area contributed by atoms with Gasteiger partial charge >= 0.3 is 6.09 Å². The van der Waals surface area contributed by atoms with Gasteiger partial charge in [0.15, 0.2) is 0 Å². The van der Waals surface area contributed by atoms with Crippen LogP contribution in [0, 0.1) is 11.6 Å². The molecular weight excluding hydrogens is 440 g/mol. The lowest BCUT2D eigenvalue weighted by atomic mass is 9.94. The zero-order valence-corrected chi connectivity index (χ0v) is 19.8. The Labute approximate surface area is 198 Å². The first kappa shape index (κ1) is 24.1. The molecule has 2 fully saturated rings. The van der Waals surface area contributed by atoms with E-state index in [-0.39, 0.29) is 30.1 Å². The molecule has 1 aliphatic heterocycles. The van der Waals surface area contributed by atoms with E-state index in [9.17, 15) is 18.4 Å². The zero-order valence-electron chi connectivity index (χ0n) is 19.8. The van der Waals surface area contributed by atoms with E-state index in [0.29, 0.717) is 13.1 Å². The van der Waals surface area contributed by atoms with Gasteiger partial charge in [-0.05, 0) is 69.0 Å². The van der Waals surface area contributed by atoms with E-state index in [4.69, 9.17) is 4.74 Å². The molecule has 1 saturated heterocycles. The average molecular weight is 472 g/mol. The quantitative estimate of drug-likeness (QED) is 0.708. The minimum atomic E-state index is -0.651. The minimum Gasteiger partial charge on any atom is -0.444 e. The Hall–Kier alpha value is -3.00. The Bertz CT molecular complexity index is 972. The second-order valence-electron chi connectivity index (χ2n) is 9.97. The lowest BCUT2D eigenvalue weighted by Gasteiger charge is -2.44. The lowest BCUT2D eigenvalue weighted by Crippen LogP contribution is -2.61. The predicted octanol–water partition coefficient (Wildman–Crippen LogP) is 4.25. The number of hydrogen-bond donors (Lipinski definition) is 1. The van der Waals surface area contributed by atoms with E-state index in [0.717, 1.165) is 24.0 Å². The Kier molecular flexibility index (Phi) is 6.89. The van der Waals surface area contributed by atoms with Gasteiger partial charge in [0.05, 0.1) is 6.04 Å². The van der Waals surface area contributed by atoms with Crippen molar-refractivity contribution in [1.29, 1.82) is 0 Å². The van der Waals surface area contributed by atoms with E-state index in [1.54, 1.807) is 49.9 Å². The second kappa shape index (κ2) is 9.70. The van der Waals surface area contributed by atoms with Gasteiger partial charge in [-0.15, -0.1) is 0 Å². The number of benzene rings is 2. The van der Waals surface area contributed by atoms with Crippen molar-refractivity contribution in [2.45, 2.75) is 57.3 Å². The smallest absolute Gasteiger partial charge is 0.410 e. The zero-order chi connectivity index (χ0) is 24.5. The highest BCUT2D eigenvalue weighted by Gasteiger charge is 2.41. The van der Waals surface area contributed by atoms with Crippen LogP contribution in [0.3, 0.4) is 0 Å². The van der Waals surface area contributed by atoms with Crippen LogP contribution in [0.1, 0.15) is 50.8 Å². The number of carbonyl (C=O) groups is 2. The molecule has 1 unspecified atom stereocenters. The van der Waals surface area contributed by atoms with Crippen LogP contribution in [0.4, 0.5) is 13.6 Å². The molecule has 1 N–H and O–H groups in total. The van der Waals surface area contributed by atoms with Gasteiger partial charge in [-0.2, -0.15) is 0 Å². The maximum Gasteiger partial charge on any atom is 0.410 e. The minimum absolute atomic E-state index is 0.154. The third-order valence-corrected chi connectivity index (χ3v) is 6.00. The number of rotatable bonds is 5. The Morgan fingerprint density at radius 3 is 1.94 bits per heavy atom. The first-order chi connectivity index (χ1) is 16.1. The molecule has 2 aliphatic rings. The molecule has 1 saturated carbocycles. The van der Waals surface area contributed by atoms with Gasteiger partial charge in [0.2, 0.25) is 5.91 Å². The standard InChI is InChI=1S/C26H31F2N3O3/c1-26(2,3)34-25(33)30-14-15-31(22(16-30)24(32)29-21-12-13-21)23(17-4-8-19(27)9-5-17)18-6-10-20(28)11-7-18/h4-11,21-23H,12-16H2,1-3H3,(H,29,32). The van der Waals surface area contributed by atoms with Crippen molar-refractivity contribution in [3.8, 4) is 0 Å². The molecular formula is C26H31F2N3O3. The number of nitrogens with one attached hydrogen (secondary N) is 1. The van der Waals surface area contributed by atoms with E-state index in [2.05, 4.69) is 5.32 Å². The SMILES string of the molecule is CC(C)(C)OC(=O)N1CCN(C(c2ccc(F)cc2)c2ccc(F)cc2)C(C(=O)NC2CC2)C1. The molecule has 34 heavy (non-hydrogen) atoms. The van der Waals surface area contributed by atoms with Gasteiger partial charge in [-0.3, -0.25) is 9.69 Å². The molecule has 2 aromatic carbocycles. The number of hydrogen-bond acceptors (Lipinski definition) is 4. The maximum atomic E-state index is 13.7. The van der Waals surface area contributed by atoms with Crippen LogP contribution in [-0.2, 0) is 9.53 Å². The van der Waals surface area contributed by atoms with Gasteiger partial charge in [0.25, 0.3) is 0 Å². The van der Waals surface area contributed by atoms with Crippen LogP contribution >= 0.6 is 0 Å². The molecule has 4 rings (SSSR count). The van der Waals surface area contributed by atoms with Crippen molar-refractivity contribution >= 4 is 12.0 Å². The van der Waals surface area contributed by atoms with Crippen LogP contribution in [-0.4, -0.2) is 59.1 Å². The molecule has 1 atom stereocenters. The molecule has 0 radical (unpaired) electrons. The van der Waals surface area contributed by atoms with Crippen molar-refractivity contribution in [3.05, 3.63) is 71.3 Å². The topological polar surface area (TPSA) is 61.9 Å². The third-order valence-electron chi connectivity index (χ3n) is 6.00. The van der Waals surface area contributed by atoms with Crippen LogP contribution in [0.15, 0.2) is 48.5 Å². The summed E-state index contributed by atoms with van der Waals surface area (Å²) in [6, 6.07) is 11.3. The third kappa shape index (κ3) is 5.91. The van der Waals surface area contributed by atoms with Crippen LogP contribution in [0.5, 0.6) is 0 Å². The Balaban J connectivity index is 1.67. The van der Waals surface area contributed by atoms with Gasteiger partial charge in [-0.25, -0.2) is 13.6 Å². The Morgan fingerprint density at radius 1 is 0.941 bits per heavy atom. The molecule has 182 valence electrons. The molecule has 1 heterocycles. The highest BCUT2D eigenvalue weighted by atomic mass is 19.1. The highest BCUT2D eigenvalue weighted by molar-refractivity contribution is 5.83. The van der Waals surface area contributed by atoms with Crippen LogP contribution in [0.25, 0.3) is 0 Å². The summed E-state index contributed by atoms with van der Waals surface area (Å²) < 4.78 is 32.9. The van der Waals surface area contributed by atoms with Crippen LogP contribution < -0.4 is 5.32 Å². The summed E-state index contributed by atoms with van der Waals surface area (Å²) in [5.41, 5.74) is 0.913. The van der Waals surface area contributed by atoms with Gasteiger partial charge in [0.1, 0.15) is 23.3 Å². The molecule has 0 aromatic heterocycles. The number of carbonyl (C=O) groups excluding carboxylic acids is 2. The largest absolute Gasteiger partial charge is 0.444 e. The molecule has 1 aliphatic carbocycles. The summed E-state index contributed by atoms with van der Waals surface area (Å²) in [6.45, 7) is 6.32. The fourth-order valence-corrected chi connectivity index (χ4v) is 4.22. The maximum absolute atomic E-state index is 13.7. The predicted molar refractivity (Wildman–Crippen MR) is 124 cm³/mol. The lowest BCUT2D eigenvalue weighted by molar-refractivity contribution is -0.129. The van der Waals surface area contributed by atoms with Crippen molar-refractivity contribution in [3.63, 3.8) is 0 Å².